The maximum atomic E-state index is 11.4. The van der Waals surface area contributed by atoms with E-state index in [0.717, 1.165) is 0 Å². The molecule has 0 aromatic heterocycles. The summed E-state index contributed by atoms with van der Waals surface area (Å²) in [4.78, 5) is 11.4. The molecule has 3 N–H and O–H groups in total. The van der Waals surface area contributed by atoms with Crippen LogP contribution in [0.3, 0.4) is 0 Å². The standard InChI is InChI=1S/C14H22N2O4/c1-14(2,3)20-13(17)16-5-6-19-12-8-10(15)7-11(9-12)18-4/h7-9H,5-6,15H2,1-4H3,(H,16,17). The van der Waals surface area contributed by atoms with Gasteiger partial charge in [-0.15, -0.1) is 0 Å². The predicted molar refractivity (Wildman–Crippen MR) is 77.1 cm³/mol. The Hall–Kier alpha value is -2.11. The van der Waals surface area contributed by atoms with Crippen molar-refractivity contribution in [3.8, 4) is 11.5 Å². The number of amides is 1. The van der Waals surface area contributed by atoms with Gasteiger partial charge in [0.05, 0.1) is 13.7 Å². The van der Waals surface area contributed by atoms with E-state index in [2.05, 4.69) is 5.32 Å². The van der Waals surface area contributed by atoms with E-state index in [-0.39, 0.29) is 0 Å². The Kier molecular flexibility index (Phi) is 5.49. The normalized spacial score (nSPS) is 10.8. The summed E-state index contributed by atoms with van der Waals surface area (Å²) in [5.41, 5.74) is 5.75. The van der Waals surface area contributed by atoms with Gasteiger partial charge in [0.1, 0.15) is 23.7 Å². The molecule has 20 heavy (non-hydrogen) atoms. The Balaban J connectivity index is 2.34. The summed E-state index contributed by atoms with van der Waals surface area (Å²) >= 11 is 0. The van der Waals surface area contributed by atoms with Crippen LogP contribution in [0.1, 0.15) is 20.8 Å². The third-order valence-electron chi connectivity index (χ3n) is 2.18. The second kappa shape index (κ2) is 6.88. The van der Waals surface area contributed by atoms with E-state index in [1.807, 2.05) is 20.8 Å². The van der Waals surface area contributed by atoms with Crippen LogP contribution in [0.25, 0.3) is 0 Å². The Morgan fingerprint density at radius 1 is 1.25 bits per heavy atom. The van der Waals surface area contributed by atoms with Crippen molar-refractivity contribution in [1.82, 2.24) is 5.32 Å². The highest BCUT2D eigenvalue weighted by atomic mass is 16.6. The Morgan fingerprint density at radius 3 is 2.50 bits per heavy atom. The summed E-state index contributed by atoms with van der Waals surface area (Å²) in [5.74, 6) is 1.22. The van der Waals surface area contributed by atoms with E-state index < -0.39 is 11.7 Å². The van der Waals surface area contributed by atoms with Crippen molar-refractivity contribution in [3.05, 3.63) is 18.2 Å². The number of hydrogen-bond acceptors (Lipinski definition) is 5. The zero-order valence-electron chi connectivity index (χ0n) is 12.4. The highest BCUT2D eigenvalue weighted by Crippen LogP contribution is 2.23. The summed E-state index contributed by atoms with van der Waals surface area (Å²) in [5, 5.41) is 2.60. The quantitative estimate of drug-likeness (QED) is 0.639. The van der Waals surface area contributed by atoms with Crippen molar-refractivity contribution >= 4 is 11.8 Å². The zero-order chi connectivity index (χ0) is 15.2. The van der Waals surface area contributed by atoms with Crippen LogP contribution in [0, 0.1) is 0 Å². The number of hydrogen-bond donors (Lipinski definition) is 2. The third kappa shape index (κ3) is 6.17. The van der Waals surface area contributed by atoms with Crippen LogP contribution < -0.4 is 20.5 Å². The fourth-order valence-corrected chi connectivity index (χ4v) is 1.43. The first kappa shape index (κ1) is 15.9. The molecule has 0 heterocycles. The molecule has 1 aromatic rings. The Morgan fingerprint density at radius 2 is 1.90 bits per heavy atom. The molecule has 0 aliphatic carbocycles. The molecule has 0 aliphatic heterocycles. The molecule has 0 saturated carbocycles. The minimum absolute atomic E-state index is 0.311. The van der Waals surface area contributed by atoms with Crippen molar-refractivity contribution in [2.24, 2.45) is 0 Å². The third-order valence-corrected chi connectivity index (χ3v) is 2.18. The van der Waals surface area contributed by atoms with Gasteiger partial charge in [0, 0.05) is 23.9 Å². The second-order valence-corrected chi connectivity index (χ2v) is 5.22. The molecule has 0 bridgehead atoms. The molecular weight excluding hydrogens is 260 g/mol. The van der Waals surface area contributed by atoms with Crippen molar-refractivity contribution in [3.63, 3.8) is 0 Å². The lowest BCUT2D eigenvalue weighted by molar-refractivity contribution is 0.0520. The smallest absolute Gasteiger partial charge is 0.407 e. The molecule has 0 aliphatic rings. The van der Waals surface area contributed by atoms with Gasteiger partial charge in [-0.3, -0.25) is 0 Å². The molecule has 6 nitrogen and oxygen atoms in total. The lowest BCUT2D eigenvalue weighted by Gasteiger charge is -2.19. The topological polar surface area (TPSA) is 82.8 Å². The molecule has 0 radical (unpaired) electrons. The summed E-state index contributed by atoms with van der Waals surface area (Å²) in [6, 6.07) is 5.12. The molecular formula is C14H22N2O4. The summed E-state index contributed by atoms with van der Waals surface area (Å²) in [7, 11) is 1.56. The van der Waals surface area contributed by atoms with Crippen LogP contribution in [0.4, 0.5) is 10.5 Å². The van der Waals surface area contributed by atoms with Gasteiger partial charge in [-0.05, 0) is 20.8 Å². The van der Waals surface area contributed by atoms with Gasteiger partial charge in [0.15, 0.2) is 0 Å². The van der Waals surface area contributed by atoms with Crippen molar-refractivity contribution in [2.45, 2.75) is 26.4 Å². The number of alkyl carbamates (subject to hydrolysis) is 1. The molecule has 0 fully saturated rings. The minimum Gasteiger partial charge on any atom is -0.497 e. The van der Waals surface area contributed by atoms with Crippen LogP contribution in [0.15, 0.2) is 18.2 Å². The number of nitrogens with two attached hydrogens (primary N) is 1. The molecule has 1 amide bonds. The van der Waals surface area contributed by atoms with Gasteiger partial charge in [0.25, 0.3) is 0 Å². The number of benzene rings is 1. The molecule has 1 aromatic carbocycles. The highest BCUT2D eigenvalue weighted by Gasteiger charge is 2.15. The Labute approximate surface area is 119 Å². The number of methoxy groups -OCH3 is 1. The Bertz CT molecular complexity index is 455. The fraction of sp³-hybridized carbons (Fsp3) is 0.500. The summed E-state index contributed by atoms with van der Waals surface area (Å²) in [6.45, 7) is 6.07. The number of rotatable bonds is 5. The molecule has 0 saturated heterocycles. The molecule has 0 unspecified atom stereocenters. The minimum atomic E-state index is -0.508. The molecule has 1 rings (SSSR count). The lowest BCUT2D eigenvalue weighted by Crippen LogP contribution is -2.34. The van der Waals surface area contributed by atoms with E-state index in [4.69, 9.17) is 19.9 Å². The largest absolute Gasteiger partial charge is 0.497 e. The van der Waals surface area contributed by atoms with Crippen LogP contribution in [-0.4, -0.2) is 32.0 Å². The number of ether oxygens (including phenoxy) is 3. The SMILES string of the molecule is COc1cc(N)cc(OCCNC(=O)OC(C)(C)C)c1. The van der Waals surface area contributed by atoms with Gasteiger partial charge in [-0.1, -0.05) is 0 Å². The van der Waals surface area contributed by atoms with E-state index in [1.165, 1.54) is 0 Å². The number of anilines is 1. The van der Waals surface area contributed by atoms with E-state index in [1.54, 1.807) is 25.3 Å². The van der Waals surface area contributed by atoms with Gasteiger partial charge in [-0.25, -0.2) is 4.79 Å². The highest BCUT2D eigenvalue weighted by molar-refractivity contribution is 5.67. The van der Waals surface area contributed by atoms with Crippen LogP contribution in [-0.2, 0) is 4.74 Å². The van der Waals surface area contributed by atoms with Crippen molar-refractivity contribution < 1.29 is 19.0 Å². The van der Waals surface area contributed by atoms with Crippen LogP contribution in [0.5, 0.6) is 11.5 Å². The zero-order valence-corrected chi connectivity index (χ0v) is 12.4. The van der Waals surface area contributed by atoms with Crippen molar-refractivity contribution in [2.75, 3.05) is 26.0 Å². The van der Waals surface area contributed by atoms with Gasteiger partial charge >= 0.3 is 6.09 Å². The maximum Gasteiger partial charge on any atom is 0.407 e. The lowest BCUT2D eigenvalue weighted by atomic mass is 10.2. The number of carbonyl (C=O) groups excluding carboxylic acids is 1. The van der Waals surface area contributed by atoms with Gasteiger partial charge in [0.2, 0.25) is 0 Å². The van der Waals surface area contributed by atoms with E-state index in [9.17, 15) is 4.79 Å². The van der Waals surface area contributed by atoms with Crippen molar-refractivity contribution in [1.29, 1.82) is 0 Å². The molecule has 112 valence electrons. The van der Waals surface area contributed by atoms with Gasteiger partial charge in [-0.2, -0.15) is 0 Å². The maximum absolute atomic E-state index is 11.4. The average Bonchev–Trinajstić information content (AvgIpc) is 2.32. The molecule has 0 atom stereocenters. The van der Waals surface area contributed by atoms with Crippen LogP contribution >= 0.6 is 0 Å². The number of nitrogen functional groups attached to an aromatic ring is 1. The predicted octanol–water partition coefficient (Wildman–Crippen LogP) is 2.18. The monoisotopic (exact) mass is 282 g/mol. The average molecular weight is 282 g/mol. The van der Waals surface area contributed by atoms with Gasteiger partial charge < -0.3 is 25.3 Å². The first-order chi connectivity index (χ1) is 9.30. The first-order valence-corrected chi connectivity index (χ1v) is 6.34. The van der Waals surface area contributed by atoms with E-state index in [0.29, 0.717) is 30.3 Å². The van der Waals surface area contributed by atoms with Crippen LogP contribution in [0.2, 0.25) is 0 Å². The fourth-order valence-electron chi connectivity index (χ4n) is 1.43. The first-order valence-electron chi connectivity index (χ1n) is 6.34. The number of nitrogens with one attached hydrogen (secondary N) is 1. The summed E-state index contributed by atoms with van der Waals surface area (Å²) in [6.07, 6.45) is -0.466. The number of carbonyl (C=O) groups is 1. The van der Waals surface area contributed by atoms with E-state index >= 15 is 0 Å². The second-order valence-electron chi connectivity index (χ2n) is 5.22. The summed E-state index contributed by atoms with van der Waals surface area (Å²) < 4.78 is 15.7. The molecule has 6 heteroatoms. The molecule has 0 spiro atoms.